The van der Waals surface area contributed by atoms with Crippen molar-refractivity contribution in [2.75, 3.05) is 19.0 Å². The minimum atomic E-state index is 0.00744. The van der Waals surface area contributed by atoms with Crippen molar-refractivity contribution in [1.82, 2.24) is 5.32 Å². The average molecular weight is 302 g/mol. The highest BCUT2D eigenvalue weighted by Gasteiger charge is 2.14. The normalized spacial score (nSPS) is 18.7. The zero-order valence-electron chi connectivity index (χ0n) is 13.5. The number of carbonyl (C=O) groups is 1. The molecule has 0 radical (unpaired) electrons. The molecule has 0 aliphatic heterocycles. The summed E-state index contributed by atoms with van der Waals surface area (Å²) in [6.45, 7) is 3.04. The topological polar surface area (TPSA) is 50.4 Å². The molecule has 0 spiro atoms. The van der Waals surface area contributed by atoms with Gasteiger partial charge in [-0.05, 0) is 50.8 Å². The summed E-state index contributed by atoms with van der Waals surface area (Å²) in [5, 5.41) is 6.39. The monoisotopic (exact) mass is 302 g/mol. The number of anilines is 1. The lowest BCUT2D eigenvalue weighted by Gasteiger charge is -2.21. The van der Waals surface area contributed by atoms with Crippen LogP contribution in [0.1, 0.15) is 32.6 Å². The lowest BCUT2D eigenvalue weighted by molar-refractivity contribution is -0.116. The lowest BCUT2D eigenvalue weighted by Crippen LogP contribution is -2.34. The summed E-state index contributed by atoms with van der Waals surface area (Å²) in [6, 6.07) is 7.63. The van der Waals surface area contributed by atoms with Gasteiger partial charge in [0.2, 0.25) is 5.91 Å². The molecule has 1 aromatic rings. The van der Waals surface area contributed by atoms with Crippen LogP contribution in [0.15, 0.2) is 36.4 Å². The number of allylic oxidation sites excluding steroid dienone is 2. The molecule has 0 bridgehead atoms. The number of para-hydroxylation sites is 2. The van der Waals surface area contributed by atoms with Gasteiger partial charge in [-0.15, -0.1) is 0 Å². The highest BCUT2D eigenvalue weighted by Crippen LogP contribution is 2.23. The van der Waals surface area contributed by atoms with Gasteiger partial charge >= 0.3 is 0 Å². The van der Waals surface area contributed by atoms with Gasteiger partial charge in [0, 0.05) is 12.5 Å². The molecular weight excluding hydrogens is 276 g/mol. The van der Waals surface area contributed by atoms with Crippen LogP contribution in [0.4, 0.5) is 5.69 Å². The maximum absolute atomic E-state index is 12.1. The predicted molar refractivity (Wildman–Crippen MR) is 90.2 cm³/mol. The SMILES string of the molecule is COc1ccccc1NC(=O)C[C@@H](C)NC[C@H]1CC=CCC1. The Bertz CT molecular complexity index is 514. The molecule has 1 aromatic carbocycles. The Morgan fingerprint density at radius 3 is 2.91 bits per heavy atom. The first kappa shape index (κ1) is 16.6. The first-order valence-electron chi connectivity index (χ1n) is 8.00. The third kappa shape index (κ3) is 5.19. The number of hydrogen-bond acceptors (Lipinski definition) is 3. The molecule has 1 aliphatic carbocycles. The van der Waals surface area contributed by atoms with Gasteiger partial charge in [0.1, 0.15) is 5.75 Å². The van der Waals surface area contributed by atoms with Crippen molar-refractivity contribution in [2.24, 2.45) is 5.92 Å². The summed E-state index contributed by atoms with van der Waals surface area (Å²) in [5.74, 6) is 1.39. The Kier molecular flexibility index (Phi) is 6.46. The molecule has 2 rings (SSSR count). The number of nitrogens with one attached hydrogen (secondary N) is 2. The maximum Gasteiger partial charge on any atom is 0.226 e. The molecule has 22 heavy (non-hydrogen) atoms. The van der Waals surface area contributed by atoms with Crippen LogP contribution in [-0.2, 0) is 4.79 Å². The van der Waals surface area contributed by atoms with Crippen LogP contribution in [0.25, 0.3) is 0 Å². The van der Waals surface area contributed by atoms with Gasteiger partial charge in [0.15, 0.2) is 0 Å². The van der Waals surface area contributed by atoms with E-state index < -0.39 is 0 Å². The fourth-order valence-electron chi connectivity index (χ4n) is 2.71. The van der Waals surface area contributed by atoms with Crippen molar-refractivity contribution in [1.29, 1.82) is 0 Å². The van der Waals surface area contributed by atoms with Crippen LogP contribution < -0.4 is 15.4 Å². The molecule has 0 saturated carbocycles. The van der Waals surface area contributed by atoms with Gasteiger partial charge < -0.3 is 15.4 Å². The van der Waals surface area contributed by atoms with E-state index in [1.54, 1.807) is 7.11 Å². The molecule has 120 valence electrons. The number of carbonyl (C=O) groups excluding carboxylic acids is 1. The van der Waals surface area contributed by atoms with Crippen LogP contribution in [-0.4, -0.2) is 25.6 Å². The molecule has 2 N–H and O–H groups in total. The zero-order chi connectivity index (χ0) is 15.8. The van der Waals surface area contributed by atoms with Crippen LogP contribution in [0.2, 0.25) is 0 Å². The standard InChI is InChI=1S/C18H26N2O2/c1-14(19-13-15-8-4-3-5-9-15)12-18(21)20-16-10-6-7-11-17(16)22-2/h3-4,6-7,10-11,14-15,19H,5,8-9,12-13H2,1-2H3,(H,20,21)/t14-,15+/m1/s1. The summed E-state index contributed by atoms with van der Waals surface area (Å²) < 4.78 is 5.24. The van der Waals surface area contributed by atoms with Gasteiger partial charge in [-0.25, -0.2) is 0 Å². The molecule has 2 atom stereocenters. The highest BCUT2D eigenvalue weighted by molar-refractivity contribution is 5.92. The van der Waals surface area contributed by atoms with E-state index in [0.717, 1.165) is 18.7 Å². The van der Waals surface area contributed by atoms with Gasteiger partial charge in [-0.2, -0.15) is 0 Å². The Hall–Kier alpha value is -1.81. The van der Waals surface area contributed by atoms with Gasteiger partial charge in [0.05, 0.1) is 12.8 Å². The van der Waals surface area contributed by atoms with Gasteiger partial charge in [-0.1, -0.05) is 24.3 Å². The Morgan fingerprint density at radius 2 is 2.18 bits per heavy atom. The van der Waals surface area contributed by atoms with Crippen molar-refractivity contribution in [3.05, 3.63) is 36.4 Å². The number of hydrogen-bond donors (Lipinski definition) is 2. The van der Waals surface area contributed by atoms with Crippen LogP contribution in [0.3, 0.4) is 0 Å². The van der Waals surface area contributed by atoms with E-state index in [0.29, 0.717) is 18.1 Å². The van der Waals surface area contributed by atoms with E-state index >= 15 is 0 Å². The molecule has 0 fully saturated rings. The van der Waals surface area contributed by atoms with E-state index in [9.17, 15) is 4.79 Å². The summed E-state index contributed by atoms with van der Waals surface area (Å²) in [7, 11) is 1.60. The van der Waals surface area contributed by atoms with Crippen molar-refractivity contribution in [3.63, 3.8) is 0 Å². The molecule has 1 aliphatic rings. The lowest BCUT2D eigenvalue weighted by atomic mass is 9.94. The third-order valence-corrected chi connectivity index (χ3v) is 4.01. The molecule has 4 nitrogen and oxygen atoms in total. The van der Waals surface area contributed by atoms with E-state index in [-0.39, 0.29) is 11.9 Å². The average Bonchev–Trinajstić information content (AvgIpc) is 2.54. The minimum absolute atomic E-state index is 0.00744. The number of amides is 1. The number of ether oxygens (including phenoxy) is 1. The molecular formula is C18H26N2O2. The first-order chi connectivity index (χ1) is 10.7. The summed E-state index contributed by atoms with van der Waals surface area (Å²) in [6.07, 6.45) is 8.53. The Balaban J connectivity index is 1.75. The largest absolute Gasteiger partial charge is 0.495 e. The van der Waals surface area contributed by atoms with E-state index in [4.69, 9.17) is 4.74 Å². The van der Waals surface area contributed by atoms with Crippen molar-refractivity contribution < 1.29 is 9.53 Å². The van der Waals surface area contributed by atoms with Crippen LogP contribution >= 0.6 is 0 Å². The zero-order valence-corrected chi connectivity index (χ0v) is 13.5. The summed E-state index contributed by atoms with van der Waals surface area (Å²) >= 11 is 0. The van der Waals surface area contributed by atoms with Gasteiger partial charge in [-0.3, -0.25) is 4.79 Å². The number of methoxy groups -OCH3 is 1. The smallest absolute Gasteiger partial charge is 0.226 e. The van der Waals surface area contributed by atoms with Crippen LogP contribution in [0, 0.1) is 5.92 Å². The molecule has 4 heteroatoms. The highest BCUT2D eigenvalue weighted by atomic mass is 16.5. The van der Waals surface area contributed by atoms with Crippen molar-refractivity contribution in [2.45, 2.75) is 38.6 Å². The van der Waals surface area contributed by atoms with E-state index in [2.05, 4.69) is 29.7 Å². The fourth-order valence-corrected chi connectivity index (χ4v) is 2.71. The van der Waals surface area contributed by atoms with E-state index in [1.807, 2.05) is 24.3 Å². The second-order valence-electron chi connectivity index (χ2n) is 5.91. The predicted octanol–water partition coefficient (Wildman–Crippen LogP) is 3.36. The van der Waals surface area contributed by atoms with Crippen molar-refractivity contribution >= 4 is 11.6 Å². The second kappa shape index (κ2) is 8.59. The Morgan fingerprint density at radius 1 is 1.36 bits per heavy atom. The van der Waals surface area contributed by atoms with Crippen LogP contribution in [0.5, 0.6) is 5.75 Å². The molecule has 0 heterocycles. The molecule has 0 unspecified atom stereocenters. The molecule has 0 saturated heterocycles. The minimum Gasteiger partial charge on any atom is -0.495 e. The summed E-state index contributed by atoms with van der Waals surface area (Å²) in [4.78, 5) is 12.1. The maximum atomic E-state index is 12.1. The van der Waals surface area contributed by atoms with Crippen molar-refractivity contribution in [3.8, 4) is 5.75 Å². The fraction of sp³-hybridized carbons (Fsp3) is 0.500. The molecule has 0 aromatic heterocycles. The summed E-state index contributed by atoms with van der Waals surface area (Å²) in [5.41, 5.74) is 0.722. The number of rotatable bonds is 7. The molecule has 1 amide bonds. The quantitative estimate of drug-likeness (QED) is 0.759. The first-order valence-corrected chi connectivity index (χ1v) is 8.00. The van der Waals surface area contributed by atoms with E-state index in [1.165, 1.54) is 12.8 Å². The third-order valence-electron chi connectivity index (χ3n) is 4.01. The van der Waals surface area contributed by atoms with Gasteiger partial charge in [0.25, 0.3) is 0 Å². The second-order valence-corrected chi connectivity index (χ2v) is 5.91. The Labute approximate surface area is 132 Å². The number of benzene rings is 1.